The lowest BCUT2D eigenvalue weighted by molar-refractivity contribution is 0.147. The molecule has 1 saturated carbocycles. The van der Waals surface area contributed by atoms with Crippen molar-refractivity contribution in [3.05, 3.63) is 0 Å². The molecule has 6 nitrogen and oxygen atoms in total. The van der Waals surface area contributed by atoms with Crippen LogP contribution in [0.15, 0.2) is 4.99 Å². The number of rotatable bonds is 8. The summed E-state index contributed by atoms with van der Waals surface area (Å²) in [5, 5.41) is 5.91. The van der Waals surface area contributed by atoms with Gasteiger partial charge in [0.2, 0.25) is 0 Å². The topological polar surface area (TPSA) is 88.7 Å². The van der Waals surface area contributed by atoms with Crippen LogP contribution in [0.3, 0.4) is 0 Å². The van der Waals surface area contributed by atoms with Gasteiger partial charge in [0.15, 0.2) is 5.96 Å². The zero-order chi connectivity index (χ0) is 14.1. The Morgan fingerprint density at radius 2 is 2.15 bits per heavy atom. The second kappa shape index (κ2) is 11.0. The number of aliphatic imine (C=N–C) groups is 1. The molecule has 0 radical (unpaired) electrons. The van der Waals surface area contributed by atoms with Crippen molar-refractivity contribution in [3.8, 4) is 0 Å². The summed E-state index contributed by atoms with van der Waals surface area (Å²) in [6.07, 6.45) is 4.09. The van der Waals surface area contributed by atoms with Crippen LogP contribution in [0.1, 0.15) is 39.5 Å². The second-order valence-electron chi connectivity index (χ2n) is 4.81. The third-order valence-electron chi connectivity index (χ3n) is 3.06. The Balaban J connectivity index is 0.00000361. The van der Waals surface area contributed by atoms with E-state index < -0.39 is 0 Å². The van der Waals surface area contributed by atoms with Gasteiger partial charge in [0, 0.05) is 6.54 Å². The van der Waals surface area contributed by atoms with Crippen LogP contribution >= 0.6 is 24.0 Å². The molecule has 1 aliphatic rings. The predicted molar refractivity (Wildman–Crippen MR) is 91.5 cm³/mol. The molecule has 0 saturated heterocycles. The first-order valence-corrected chi connectivity index (χ1v) is 7.14. The monoisotopic (exact) mass is 398 g/mol. The van der Waals surface area contributed by atoms with Crippen LogP contribution in [-0.4, -0.2) is 37.8 Å². The number of hydrogen-bond acceptors (Lipinski definition) is 3. The Bertz CT molecular complexity index is 309. The number of nitrogens with two attached hydrogens (primary N) is 1. The van der Waals surface area contributed by atoms with E-state index in [4.69, 9.17) is 10.5 Å². The van der Waals surface area contributed by atoms with Gasteiger partial charge in [0.1, 0.15) is 0 Å². The van der Waals surface area contributed by atoms with Crippen LogP contribution in [0.25, 0.3) is 0 Å². The van der Waals surface area contributed by atoms with E-state index >= 15 is 0 Å². The minimum atomic E-state index is -0.368. The summed E-state index contributed by atoms with van der Waals surface area (Å²) in [5.74, 6) is 0.960. The van der Waals surface area contributed by atoms with Crippen molar-refractivity contribution in [2.75, 3.05) is 19.7 Å². The normalized spacial score (nSPS) is 16.0. The number of nitrogens with one attached hydrogen (secondary N) is 2. The van der Waals surface area contributed by atoms with Crippen molar-refractivity contribution in [2.24, 2.45) is 16.6 Å². The quantitative estimate of drug-likeness (QED) is 0.252. The summed E-state index contributed by atoms with van der Waals surface area (Å²) in [6.45, 7) is 5.65. The molecule has 0 spiro atoms. The smallest absolute Gasteiger partial charge is 0.407 e. The molecule has 1 unspecified atom stereocenters. The van der Waals surface area contributed by atoms with E-state index in [1.165, 1.54) is 0 Å². The zero-order valence-electron chi connectivity index (χ0n) is 12.4. The number of amides is 1. The van der Waals surface area contributed by atoms with Crippen molar-refractivity contribution >= 4 is 36.0 Å². The fourth-order valence-electron chi connectivity index (χ4n) is 1.78. The van der Waals surface area contributed by atoms with Crippen molar-refractivity contribution < 1.29 is 9.53 Å². The standard InChI is InChI=1S/C13H26N4O2.HI/c1-3-5-8-15-12(14)16-9-11(10-6-7-10)17-13(18)19-4-2;/h10-11H,3-9H2,1-2H3,(H,17,18)(H3,14,15,16);1H. The molecule has 0 heterocycles. The van der Waals surface area contributed by atoms with Gasteiger partial charge in [-0.25, -0.2) is 4.79 Å². The van der Waals surface area contributed by atoms with Crippen LogP contribution in [0, 0.1) is 5.92 Å². The first-order chi connectivity index (χ1) is 9.17. The van der Waals surface area contributed by atoms with E-state index in [1.54, 1.807) is 6.92 Å². The molecule has 1 rings (SSSR count). The van der Waals surface area contributed by atoms with Crippen LogP contribution in [-0.2, 0) is 4.74 Å². The largest absolute Gasteiger partial charge is 0.450 e. The molecule has 0 aromatic rings. The number of carbonyl (C=O) groups is 1. The Kier molecular flexibility index (Phi) is 10.6. The Morgan fingerprint density at radius 1 is 1.45 bits per heavy atom. The second-order valence-corrected chi connectivity index (χ2v) is 4.81. The fourth-order valence-corrected chi connectivity index (χ4v) is 1.78. The number of guanidine groups is 1. The lowest BCUT2D eigenvalue weighted by Crippen LogP contribution is -2.40. The molecule has 1 aliphatic carbocycles. The molecule has 0 aromatic heterocycles. The van der Waals surface area contributed by atoms with E-state index in [1.807, 2.05) is 0 Å². The van der Waals surface area contributed by atoms with Gasteiger partial charge in [-0.3, -0.25) is 4.99 Å². The predicted octanol–water partition coefficient (Wildman–Crippen LogP) is 1.83. The molecule has 0 aromatic carbocycles. The lowest BCUT2D eigenvalue weighted by Gasteiger charge is -2.16. The van der Waals surface area contributed by atoms with E-state index in [0.29, 0.717) is 25.0 Å². The van der Waals surface area contributed by atoms with Crippen molar-refractivity contribution in [1.29, 1.82) is 0 Å². The molecule has 0 bridgehead atoms. The number of carbonyl (C=O) groups excluding carboxylic acids is 1. The van der Waals surface area contributed by atoms with Crippen molar-refractivity contribution in [3.63, 3.8) is 0 Å². The van der Waals surface area contributed by atoms with E-state index in [9.17, 15) is 4.79 Å². The van der Waals surface area contributed by atoms with Gasteiger partial charge in [0.25, 0.3) is 0 Å². The van der Waals surface area contributed by atoms with E-state index in [0.717, 1.165) is 32.2 Å². The Hall–Kier alpha value is -0.730. The third-order valence-corrected chi connectivity index (χ3v) is 3.06. The van der Waals surface area contributed by atoms with Gasteiger partial charge in [-0.05, 0) is 32.1 Å². The maximum atomic E-state index is 11.4. The van der Waals surface area contributed by atoms with Crippen LogP contribution in [0.5, 0.6) is 0 Å². The zero-order valence-corrected chi connectivity index (χ0v) is 14.7. The van der Waals surface area contributed by atoms with Gasteiger partial charge in [-0.2, -0.15) is 0 Å². The van der Waals surface area contributed by atoms with Crippen LogP contribution < -0.4 is 16.4 Å². The highest BCUT2D eigenvalue weighted by Crippen LogP contribution is 2.32. The number of hydrogen-bond donors (Lipinski definition) is 3. The molecule has 20 heavy (non-hydrogen) atoms. The van der Waals surface area contributed by atoms with Crippen molar-refractivity contribution in [1.82, 2.24) is 10.6 Å². The van der Waals surface area contributed by atoms with E-state index in [2.05, 4.69) is 22.5 Å². The van der Waals surface area contributed by atoms with E-state index in [-0.39, 0.29) is 36.1 Å². The van der Waals surface area contributed by atoms with Gasteiger partial charge in [-0.15, -0.1) is 24.0 Å². The average molecular weight is 398 g/mol. The minimum absolute atomic E-state index is 0. The first kappa shape index (κ1) is 19.3. The maximum Gasteiger partial charge on any atom is 0.407 e. The Morgan fingerprint density at radius 3 is 2.70 bits per heavy atom. The average Bonchev–Trinajstić information content (AvgIpc) is 3.19. The molecule has 7 heteroatoms. The van der Waals surface area contributed by atoms with Gasteiger partial charge < -0.3 is 21.1 Å². The summed E-state index contributed by atoms with van der Waals surface area (Å²) in [7, 11) is 0. The first-order valence-electron chi connectivity index (χ1n) is 7.14. The number of ether oxygens (including phenoxy) is 1. The van der Waals surface area contributed by atoms with Crippen molar-refractivity contribution in [2.45, 2.75) is 45.6 Å². The number of alkyl carbamates (subject to hydrolysis) is 1. The highest BCUT2D eigenvalue weighted by atomic mass is 127. The number of nitrogens with zero attached hydrogens (tertiary/aromatic N) is 1. The lowest BCUT2D eigenvalue weighted by atomic mass is 10.2. The molecular formula is C13H27IN4O2. The molecule has 118 valence electrons. The molecule has 1 fully saturated rings. The molecule has 1 amide bonds. The van der Waals surface area contributed by atoms with Gasteiger partial charge >= 0.3 is 6.09 Å². The summed E-state index contributed by atoms with van der Waals surface area (Å²) in [6, 6.07) is 0.0329. The third kappa shape index (κ3) is 8.44. The summed E-state index contributed by atoms with van der Waals surface area (Å²) < 4.78 is 4.89. The van der Waals surface area contributed by atoms with Gasteiger partial charge in [-0.1, -0.05) is 13.3 Å². The molecular weight excluding hydrogens is 371 g/mol. The highest BCUT2D eigenvalue weighted by molar-refractivity contribution is 14.0. The molecule has 4 N–H and O–H groups in total. The minimum Gasteiger partial charge on any atom is -0.450 e. The number of halogens is 1. The molecule has 0 aliphatic heterocycles. The Labute approximate surface area is 138 Å². The van der Waals surface area contributed by atoms with Gasteiger partial charge in [0.05, 0.1) is 19.2 Å². The van der Waals surface area contributed by atoms with Crippen LogP contribution in [0.2, 0.25) is 0 Å². The summed E-state index contributed by atoms with van der Waals surface area (Å²) in [5.41, 5.74) is 5.77. The fraction of sp³-hybridized carbons (Fsp3) is 0.846. The summed E-state index contributed by atoms with van der Waals surface area (Å²) in [4.78, 5) is 15.7. The maximum absolute atomic E-state index is 11.4. The number of unbranched alkanes of at least 4 members (excludes halogenated alkanes) is 1. The SMILES string of the molecule is CCCCNC(N)=NCC(NC(=O)OCC)C1CC1.I. The summed E-state index contributed by atoms with van der Waals surface area (Å²) >= 11 is 0. The molecule has 1 atom stereocenters. The van der Waals surface area contributed by atoms with Crippen LogP contribution in [0.4, 0.5) is 4.79 Å². The highest BCUT2D eigenvalue weighted by Gasteiger charge is 2.32.